The van der Waals surface area contributed by atoms with E-state index in [0.29, 0.717) is 13.2 Å². The molecule has 22 heavy (non-hydrogen) atoms. The van der Waals surface area contributed by atoms with Crippen LogP contribution in [0.15, 0.2) is 71.8 Å². The summed E-state index contributed by atoms with van der Waals surface area (Å²) in [6.45, 7) is 1.08. The Morgan fingerprint density at radius 2 is 1.73 bits per heavy atom. The molecule has 0 aliphatic carbocycles. The average molecular weight is 294 g/mol. The van der Waals surface area contributed by atoms with Gasteiger partial charge >= 0.3 is 5.69 Å². The summed E-state index contributed by atoms with van der Waals surface area (Å²) in [5.41, 5.74) is 2.15. The summed E-state index contributed by atoms with van der Waals surface area (Å²) in [5, 5.41) is 0. The van der Waals surface area contributed by atoms with E-state index in [1.807, 2.05) is 54.6 Å². The summed E-state index contributed by atoms with van der Waals surface area (Å²) in [5.74, 6) is 0.810. The van der Waals surface area contributed by atoms with Crippen LogP contribution in [0.2, 0.25) is 0 Å². The Balaban J connectivity index is 1.70. The number of imidazole rings is 1. The molecule has 0 radical (unpaired) electrons. The molecule has 4 heteroatoms. The largest absolute Gasteiger partial charge is 0.489 e. The van der Waals surface area contributed by atoms with Crippen LogP contribution in [0.25, 0.3) is 0 Å². The molecule has 2 aromatic carbocycles. The van der Waals surface area contributed by atoms with Gasteiger partial charge in [-0.1, -0.05) is 42.5 Å². The minimum Gasteiger partial charge on any atom is -0.489 e. The van der Waals surface area contributed by atoms with Gasteiger partial charge in [-0.25, -0.2) is 4.79 Å². The Morgan fingerprint density at radius 1 is 0.955 bits per heavy atom. The van der Waals surface area contributed by atoms with Gasteiger partial charge in [-0.05, 0) is 23.3 Å². The van der Waals surface area contributed by atoms with Crippen LogP contribution in [0.1, 0.15) is 11.1 Å². The van der Waals surface area contributed by atoms with Crippen molar-refractivity contribution in [3.8, 4) is 5.75 Å². The van der Waals surface area contributed by atoms with Crippen LogP contribution in [0.5, 0.6) is 5.75 Å². The van der Waals surface area contributed by atoms with Gasteiger partial charge in [0.1, 0.15) is 12.4 Å². The second-order valence-electron chi connectivity index (χ2n) is 5.24. The van der Waals surface area contributed by atoms with Crippen LogP contribution in [-0.4, -0.2) is 9.13 Å². The smallest absolute Gasteiger partial charge is 0.328 e. The molecule has 0 aliphatic rings. The predicted octanol–water partition coefficient (Wildman–Crippen LogP) is 2.81. The van der Waals surface area contributed by atoms with Gasteiger partial charge in [0.2, 0.25) is 0 Å². The zero-order valence-corrected chi connectivity index (χ0v) is 12.5. The summed E-state index contributed by atoms with van der Waals surface area (Å²) >= 11 is 0. The normalized spacial score (nSPS) is 10.6. The van der Waals surface area contributed by atoms with Gasteiger partial charge in [0.25, 0.3) is 0 Å². The van der Waals surface area contributed by atoms with Crippen molar-refractivity contribution in [1.82, 2.24) is 9.13 Å². The van der Waals surface area contributed by atoms with E-state index in [0.717, 1.165) is 16.9 Å². The van der Waals surface area contributed by atoms with E-state index in [9.17, 15) is 4.79 Å². The van der Waals surface area contributed by atoms with Crippen molar-refractivity contribution in [3.63, 3.8) is 0 Å². The lowest BCUT2D eigenvalue weighted by Gasteiger charge is -2.08. The Labute approximate surface area is 129 Å². The molecule has 0 amide bonds. The number of hydrogen-bond donors (Lipinski definition) is 0. The van der Waals surface area contributed by atoms with E-state index in [-0.39, 0.29) is 5.69 Å². The van der Waals surface area contributed by atoms with Gasteiger partial charge in [-0.2, -0.15) is 0 Å². The maximum absolute atomic E-state index is 11.9. The molecule has 3 aromatic rings. The van der Waals surface area contributed by atoms with Crippen molar-refractivity contribution >= 4 is 0 Å². The molecule has 0 bridgehead atoms. The average Bonchev–Trinajstić information content (AvgIpc) is 2.86. The molecule has 112 valence electrons. The van der Waals surface area contributed by atoms with Crippen molar-refractivity contribution in [2.45, 2.75) is 13.2 Å². The number of aromatic nitrogens is 2. The number of rotatable bonds is 5. The minimum absolute atomic E-state index is 0.0180. The Bertz CT molecular complexity index is 803. The Kier molecular flexibility index (Phi) is 4.10. The highest BCUT2D eigenvalue weighted by molar-refractivity contribution is 5.29. The van der Waals surface area contributed by atoms with Crippen molar-refractivity contribution in [3.05, 3.63) is 88.6 Å². The first kappa shape index (κ1) is 14.2. The second kappa shape index (κ2) is 6.35. The summed E-state index contributed by atoms with van der Waals surface area (Å²) in [7, 11) is 1.75. The molecule has 0 saturated heterocycles. The second-order valence-corrected chi connectivity index (χ2v) is 5.24. The van der Waals surface area contributed by atoms with Gasteiger partial charge in [0.15, 0.2) is 0 Å². The molecular formula is C18H18N2O2. The third-order valence-corrected chi connectivity index (χ3v) is 3.52. The highest BCUT2D eigenvalue weighted by Gasteiger charge is 2.03. The summed E-state index contributed by atoms with van der Waals surface area (Å²) in [6, 6.07) is 17.9. The minimum atomic E-state index is -0.0180. The van der Waals surface area contributed by atoms with Crippen LogP contribution in [-0.2, 0) is 20.2 Å². The van der Waals surface area contributed by atoms with Crippen LogP contribution >= 0.6 is 0 Å². The van der Waals surface area contributed by atoms with E-state index in [1.165, 1.54) is 0 Å². The van der Waals surface area contributed by atoms with E-state index in [1.54, 1.807) is 28.6 Å². The lowest BCUT2D eigenvalue weighted by Crippen LogP contribution is -2.22. The van der Waals surface area contributed by atoms with Crippen LogP contribution < -0.4 is 10.4 Å². The number of nitrogens with zero attached hydrogens (tertiary/aromatic N) is 2. The zero-order valence-electron chi connectivity index (χ0n) is 12.5. The summed E-state index contributed by atoms with van der Waals surface area (Å²) < 4.78 is 9.06. The molecule has 4 nitrogen and oxygen atoms in total. The molecule has 3 rings (SSSR count). The molecule has 0 N–H and O–H groups in total. The standard InChI is InChI=1S/C18H18N2O2/c1-19-10-11-20(18(19)21)13-16-8-5-9-17(12-16)22-14-15-6-3-2-4-7-15/h2-12H,13-14H2,1H3. The summed E-state index contributed by atoms with van der Waals surface area (Å²) in [6.07, 6.45) is 3.55. The van der Waals surface area contributed by atoms with Crippen molar-refractivity contribution in [2.75, 3.05) is 0 Å². The molecule has 1 aromatic heterocycles. The topological polar surface area (TPSA) is 36.2 Å². The fourth-order valence-corrected chi connectivity index (χ4v) is 2.30. The lowest BCUT2D eigenvalue weighted by molar-refractivity contribution is 0.306. The lowest BCUT2D eigenvalue weighted by atomic mass is 10.2. The molecule has 0 aliphatic heterocycles. The zero-order chi connectivity index (χ0) is 15.4. The maximum Gasteiger partial charge on any atom is 0.328 e. The number of benzene rings is 2. The van der Waals surface area contributed by atoms with E-state index < -0.39 is 0 Å². The fourth-order valence-electron chi connectivity index (χ4n) is 2.30. The van der Waals surface area contributed by atoms with Gasteiger partial charge in [0.05, 0.1) is 6.54 Å². The van der Waals surface area contributed by atoms with Crippen molar-refractivity contribution in [1.29, 1.82) is 0 Å². The van der Waals surface area contributed by atoms with Gasteiger partial charge in [-0.15, -0.1) is 0 Å². The molecule has 1 heterocycles. The monoisotopic (exact) mass is 294 g/mol. The highest BCUT2D eigenvalue weighted by Crippen LogP contribution is 2.15. The molecule has 0 spiro atoms. The molecular weight excluding hydrogens is 276 g/mol. The van der Waals surface area contributed by atoms with Gasteiger partial charge < -0.3 is 9.30 Å². The van der Waals surface area contributed by atoms with Gasteiger partial charge in [0, 0.05) is 19.4 Å². The van der Waals surface area contributed by atoms with E-state index in [4.69, 9.17) is 4.74 Å². The quantitative estimate of drug-likeness (QED) is 0.725. The first-order valence-electron chi connectivity index (χ1n) is 7.20. The van der Waals surface area contributed by atoms with Gasteiger partial charge in [-0.3, -0.25) is 4.57 Å². The number of hydrogen-bond acceptors (Lipinski definition) is 2. The number of aryl methyl sites for hydroxylation is 1. The Hall–Kier alpha value is -2.75. The third kappa shape index (κ3) is 3.28. The SMILES string of the molecule is Cn1ccn(Cc2cccc(OCc3ccccc3)c2)c1=O. The Morgan fingerprint density at radius 3 is 2.45 bits per heavy atom. The van der Waals surface area contributed by atoms with E-state index in [2.05, 4.69) is 0 Å². The highest BCUT2D eigenvalue weighted by atomic mass is 16.5. The summed E-state index contributed by atoms with van der Waals surface area (Å²) in [4.78, 5) is 11.9. The third-order valence-electron chi connectivity index (χ3n) is 3.52. The van der Waals surface area contributed by atoms with Crippen LogP contribution in [0.4, 0.5) is 0 Å². The molecule has 0 fully saturated rings. The fraction of sp³-hybridized carbons (Fsp3) is 0.167. The first-order chi connectivity index (χ1) is 10.7. The number of ether oxygens (including phenoxy) is 1. The molecule has 0 atom stereocenters. The first-order valence-corrected chi connectivity index (χ1v) is 7.20. The van der Waals surface area contributed by atoms with Crippen molar-refractivity contribution in [2.24, 2.45) is 7.05 Å². The van der Waals surface area contributed by atoms with Crippen LogP contribution in [0.3, 0.4) is 0 Å². The molecule has 0 saturated carbocycles. The predicted molar refractivity (Wildman–Crippen MR) is 86.0 cm³/mol. The maximum atomic E-state index is 11.9. The van der Waals surface area contributed by atoms with E-state index >= 15 is 0 Å². The van der Waals surface area contributed by atoms with Crippen molar-refractivity contribution < 1.29 is 4.74 Å². The van der Waals surface area contributed by atoms with Crippen LogP contribution in [0, 0.1) is 0 Å². The molecule has 0 unspecified atom stereocenters.